The fraction of sp³-hybridized carbons (Fsp3) is 0.485. The van der Waals surface area contributed by atoms with Gasteiger partial charge in [0.1, 0.15) is 18.2 Å². The first-order valence-electron chi connectivity index (χ1n) is 14.6. The van der Waals surface area contributed by atoms with Crippen molar-refractivity contribution in [2.24, 2.45) is 0 Å². The van der Waals surface area contributed by atoms with Crippen LogP contribution in [0.4, 0.5) is 5.82 Å². The minimum Gasteiger partial charge on any atom is -0.488 e. The van der Waals surface area contributed by atoms with Gasteiger partial charge in [-0.2, -0.15) is 0 Å². The predicted molar refractivity (Wildman–Crippen MR) is 161 cm³/mol. The van der Waals surface area contributed by atoms with E-state index in [9.17, 15) is 9.90 Å². The lowest BCUT2D eigenvalue weighted by Crippen LogP contribution is -2.35. The number of hydrogen-bond acceptors (Lipinski definition) is 6. The topological polar surface area (TPSA) is 78.8 Å². The molecule has 0 spiro atoms. The maximum absolute atomic E-state index is 11.4. The first-order valence-corrected chi connectivity index (χ1v) is 14.6. The average Bonchev–Trinajstić information content (AvgIpc) is 3.17. The van der Waals surface area contributed by atoms with E-state index in [1.54, 1.807) is 0 Å². The van der Waals surface area contributed by atoms with Crippen LogP contribution < -0.4 is 9.64 Å². The van der Waals surface area contributed by atoms with Crippen molar-refractivity contribution in [2.75, 3.05) is 37.6 Å². The summed E-state index contributed by atoms with van der Waals surface area (Å²) in [5.41, 5.74) is 7.88. The van der Waals surface area contributed by atoms with E-state index in [1.807, 2.05) is 4.90 Å². The molecule has 1 N–H and O–H groups in total. The number of ether oxygens (including phenoxy) is 1. The molecule has 2 heterocycles. The first-order chi connectivity index (χ1) is 19.2. The Balaban J connectivity index is 1.76. The molecule has 0 bridgehead atoms. The van der Waals surface area contributed by atoms with Gasteiger partial charge in [-0.05, 0) is 67.3 Å². The number of carbonyl (C=O) groups is 1. The number of aryl methyl sites for hydroxylation is 4. The summed E-state index contributed by atoms with van der Waals surface area (Å²) in [5.74, 6) is 2.17. The second kappa shape index (κ2) is 13.3. The third kappa shape index (κ3) is 6.81. The summed E-state index contributed by atoms with van der Waals surface area (Å²) >= 11 is 0. The van der Waals surface area contributed by atoms with E-state index < -0.39 is 5.97 Å². The van der Waals surface area contributed by atoms with Crippen LogP contribution >= 0.6 is 0 Å². The predicted octanol–water partition coefficient (Wildman–Crippen LogP) is 6.18. The van der Waals surface area contributed by atoms with Gasteiger partial charge in [0.05, 0.1) is 17.8 Å². The highest BCUT2D eigenvalue weighted by Gasteiger charge is 2.24. The molecular formula is C33H44N4O3. The number of aliphatic carboxylic acids is 1. The molecule has 7 nitrogen and oxygen atoms in total. The van der Waals surface area contributed by atoms with Gasteiger partial charge in [-0.15, -0.1) is 0 Å². The normalized spacial score (nSPS) is 14.4. The number of carboxylic acid groups (broad SMARTS) is 1. The van der Waals surface area contributed by atoms with Crippen LogP contribution in [0.5, 0.6) is 5.75 Å². The molecule has 7 heteroatoms. The molecule has 0 saturated carbocycles. The van der Waals surface area contributed by atoms with Crippen molar-refractivity contribution in [1.29, 1.82) is 0 Å². The zero-order valence-electron chi connectivity index (χ0n) is 25.0. The summed E-state index contributed by atoms with van der Waals surface area (Å²) < 4.78 is 6.47. The summed E-state index contributed by atoms with van der Waals surface area (Å²) in [5, 5.41) is 9.34. The van der Waals surface area contributed by atoms with Crippen LogP contribution in [0.15, 0.2) is 36.4 Å². The van der Waals surface area contributed by atoms with Crippen LogP contribution in [-0.2, 0) is 24.2 Å². The fourth-order valence-corrected chi connectivity index (χ4v) is 5.47. The molecule has 0 atom stereocenters. The van der Waals surface area contributed by atoms with E-state index in [1.165, 1.54) is 16.7 Å². The Morgan fingerprint density at radius 3 is 2.38 bits per heavy atom. The zero-order chi connectivity index (χ0) is 28.8. The number of aromatic nitrogens is 2. The summed E-state index contributed by atoms with van der Waals surface area (Å²) in [6.07, 6.45) is 2.68. The second-order valence-electron chi connectivity index (χ2n) is 11.1. The van der Waals surface area contributed by atoms with Crippen molar-refractivity contribution >= 4 is 11.8 Å². The first kappa shape index (κ1) is 29.5. The summed E-state index contributed by atoms with van der Waals surface area (Å²) in [6.45, 7) is 16.2. The number of anilines is 1. The lowest BCUT2D eigenvalue weighted by molar-refractivity contribution is -0.138. The summed E-state index contributed by atoms with van der Waals surface area (Å²) in [6, 6.07) is 12.9. The van der Waals surface area contributed by atoms with Crippen LogP contribution in [0.1, 0.15) is 73.5 Å². The Hall–Kier alpha value is -3.45. The monoisotopic (exact) mass is 544 g/mol. The van der Waals surface area contributed by atoms with E-state index in [-0.39, 0.29) is 6.54 Å². The minimum absolute atomic E-state index is 0.0626. The fourth-order valence-electron chi connectivity index (χ4n) is 5.47. The van der Waals surface area contributed by atoms with E-state index in [2.05, 4.69) is 82.8 Å². The van der Waals surface area contributed by atoms with Crippen LogP contribution in [0.3, 0.4) is 0 Å². The molecule has 0 amide bonds. The maximum atomic E-state index is 11.4. The highest BCUT2D eigenvalue weighted by molar-refractivity contribution is 5.69. The van der Waals surface area contributed by atoms with Crippen LogP contribution in [-0.4, -0.2) is 58.7 Å². The molecule has 1 aliphatic heterocycles. The lowest BCUT2D eigenvalue weighted by atomic mass is 9.96. The molecule has 1 aromatic heterocycles. The Morgan fingerprint density at radius 1 is 1.00 bits per heavy atom. The standard InChI is InChI=1S/C33H44N4O3/c1-7-25-11-9-12-26(8-2)31(25)32-34-24(6)28(21-40-29-19-27(22(3)4)14-13-23(29)5)33(35-32)37-16-10-15-36(17-18-37)20-30(38)39/h9,11-14,19,22H,7-8,10,15-18,20-21H2,1-6H3,(H,38,39). The van der Waals surface area contributed by atoms with Crippen molar-refractivity contribution in [1.82, 2.24) is 14.9 Å². The van der Waals surface area contributed by atoms with Crippen molar-refractivity contribution in [3.05, 3.63) is 69.9 Å². The quantitative estimate of drug-likeness (QED) is 0.326. The Labute approximate surface area is 239 Å². The molecule has 0 aliphatic carbocycles. The molecule has 0 unspecified atom stereocenters. The molecule has 0 radical (unpaired) electrons. The number of benzene rings is 2. The number of carboxylic acids is 1. The molecule has 3 aromatic rings. The van der Waals surface area contributed by atoms with Crippen LogP contribution in [0.25, 0.3) is 11.4 Å². The van der Waals surface area contributed by atoms with E-state index in [0.717, 1.165) is 72.1 Å². The third-order valence-corrected chi connectivity index (χ3v) is 7.91. The highest BCUT2D eigenvalue weighted by Crippen LogP contribution is 2.32. The number of hydrogen-bond donors (Lipinski definition) is 1. The highest BCUT2D eigenvalue weighted by atomic mass is 16.5. The number of nitrogens with zero attached hydrogens (tertiary/aromatic N) is 4. The smallest absolute Gasteiger partial charge is 0.317 e. The van der Waals surface area contributed by atoms with Crippen LogP contribution in [0.2, 0.25) is 0 Å². The van der Waals surface area contributed by atoms with Gasteiger partial charge in [-0.25, -0.2) is 9.97 Å². The zero-order valence-corrected chi connectivity index (χ0v) is 25.0. The molecule has 40 heavy (non-hydrogen) atoms. The summed E-state index contributed by atoms with van der Waals surface area (Å²) in [4.78, 5) is 26.0. The van der Waals surface area contributed by atoms with Crippen LogP contribution in [0, 0.1) is 13.8 Å². The summed E-state index contributed by atoms with van der Waals surface area (Å²) in [7, 11) is 0. The molecule has 214 valence electrons. The largest absolute Gasteiger partial charge is 0.488 e. The Kier molecular flexibility index (Phi) is 9.80. The third-order valence-electron chi connectivity index (χ3n) is 7.91. The minimum atomic E-state index is -0.787. The molecule has 1 fully saturated rings. The van der Waals surface area contributed by atoms with Gasteiger partial charge in [-0.3, -0.25) is 9.69 Å². The van der Waals surface area contributed by atoms with E-state index in [4.69, 9.17) is 14.7 Å². The van der Waals surface area contributed by atoms with Gasteiger partial charge < -0.3 is 14.7 Å². The van der Waals surface area contributed by atoms with Crippen molar-refractivity contribution in [3.8, 4) is 17.1 Å². The van der Waals surface area contributed by atoms with Crippen molar-refractivity contribution in [3.63, 3.8) is 0 Å². The molecule has 1 aliphatic rings. The van der Waals surface area contributed by atoms with Gasteiger partial charge in [0.2, 0.25) is 0 Å². The molecule has 2 aromatic carbocycles. The second-order valence-corrected chi connectivity index (χ2v) is 11.1. The van der Waals surface area contributed by atoms with Gasteiger partial charge in [0, 0.05) is 31.7 Å². The van der Waals surface area contributed by atoms with Crippen molar-refractivity contribution < 1.29 is 14.6 Å². The van der Waals surface area contributed by atoms with Gasteiger partial charge in [0.15, 0.2) is 5.82 Å². The molecule has 4 rings (SSSR count). The maximum Gasteiger partial charge on any atom is 0.317 e. The molecule has 1 saturated heterocycles. The Bertz CT molecular complexity index is 1320. The SMILES string of the molecule is CCc1cccc(CC)c1-c1nc(C)c(COc2cc(C(C)C)ccc2C)c(N2CCCN(CC(=O)O)CC2)n1. The average molecular weight is 545 g/mol. The van der Waals surface area contributed by atoms with E-state index in [0.29, 0.717) is 25.6 Å². The lowest BCUT2D eigenvalue weighted by Gasteiger charge is -2.26. The molecular weight excluding hydrogens is 500 g/mol. The van der Waals surface area contributed by atoms with E-state index >= 15 is 0 Å². The Morgan fingerprint density at radius 2 is 1.73 bits per heavy atom. The number of rotatable bonds is 10. The van der Waals surface area contributed by atoms with Gasteiger partial charge >= 0.3 is 5.97 Å². The van der Waals surface area contributed by atoms with Crippen molar-refractivity contribution in [2.45, 2.75) is 73.3 Å². The van der Waals surface area contributed by atoms with Gasteiger partial charge in [0.25, 0.3) is 0 Å². The van der Waals surface area contributed by atoms with Gasteiger partial charge in [-0.1, -0.05) is 58.0 Å².